The lowest BCUT2D eigenvalue weighted by atomic mass is 9.98. The first-order chi connectivity index (χ1) is 13.7. The molecule has 0 aromatic heterocycles. The summed E-state index contributed by atoms with van der Waals surface area (Å²) in [4.78, 5) is 29.5. The third-order valence-corrected chi connectivity index (χ3v) is 6.28. The predicted octanol–water partition coefficient (Wildman–Crippen LogP) is 3.03. The van der Waals surface area contributed by atoms with E-state index in [2.05, 4.69) is 0 Å². The lowest BCUT2D eigenvalue weighted by Gasteiger charge is -2.14. The van der Waals surface area contributed by atoms with Crippen molar-refractivity contribution in [3.8, 4) is 0 Å². The van der Waals surface area contributed by atoms with Crippen molar-refractivity contribution in [1.82, 2.24) is 4.47 Å². The number of carbonyl (C=O) groups excluding carboxylic acids is 2. The molecule has 0 fully saturated rings. The van der Waals surface area contributed by atoms with Crippen LogP contribution in [0.5, 0.6) is 0 Å². The number of sulfonamides is 1. The molecule has 29 heavy (non-hydrogen) atoms. The SMILES string of the molecule is CCc1ccc(CC)c(C(=O)COC(=O)c2ccc(S(=O)(=O)N(C)OC)cc2)c1. The summed E-state index contributed by atoms with van der Waals surface area (Å²) in [6, 6.07) is 11.0. The molecule has 0 saturated heterocycles. The summed E-state index contributed by atoms with van der Waals surface area (Å²) in [5.74, 6) is -0.974. The van der Waals surface area contributed by atoms with Gasteiger partial charge in [0.25, 0.3) is 10.0 Å². The number of Topliss-reactive ketones (excluding diaryl/α,β-unsaturated/α-hetero) is 1. The van der Waals surface area contributed by atoms with Gasteiger partial charge >= 0.3 is 5.97 Å². The van der Waals surface area contributed by atoms with Crippen LogP contribution in [0.3, 0.4) is 0 Å². The third-order valence-electron chi connectivity index (χ3n) is 4.58. The summed E-state index contributed by atoms with van der Waals surface area (Å²) in [5.41, 5.74) is 2.65. The Bertz CT molecular complexity index is 983. The van der Waals surface area contributed by atoms with Crippen LogP contribution in [-0.4, -0.2) is 45.4 Å². The second kappa shape index (κ2) is 9.78. The number of esters is 1. The zero-order valence-electron chi connectivity index (χ0n) is 17.0. The molecule has 0 radical (unpaired) electrons. The van der Waals surface area contributed by atoms with Gasteiger partial charge in [-0.3, -0.25) is 9.63 Å². The number of hydrogen-bond donors (Lipinski definition) is 0. The van der Waals surface area contributed by atoms with E-state index in [1.807, 2.05) is 32.0 Å². The maximum absolute atomic E-state index is 12.5. The number of nitrogens with zero attached hydrogens (tertiary/aromatic N) is 1. The second-order valence-electron chi connectivity index (χ2n) is 6.32. The zero-order valence-corrected chi connectivity index (χ0v) is 17.8. The third kappa shape index (κ3) is 5.29. The normalized spacial score (nSPS) is 11.5. The molecule has 0 atom stereocenters. The summed E-state index contributed by atoms with van der Waals surface area (Å²) >= 11 is 0. The molecule has 0 aliphatic heterocycles. The van der Waals surface area contributed by atoms with Gasteiger partial charge in [0.1, 0.15) is 0 Å². The molecule has 0 bridgehead atoms. The van der Waals surface area contributed by atoms with Gasteiger partial charge in [-0.1, -0.05) is 30.4 Å². The molecule has 2 aromatic rings. The van der Waals surface area contributed by atoms with E-state index in [1.165, 1.54) is 38.4 Å². The van der Waals surface area contributed by atoms with Gasteiger partial charge in [0.15, 0.2) is 6.61 Å². The zero-order chi connectivity index (χ0) is 21.6. The molecule has 0 saturated carbocycles. The van der Waals surface area contributed by atoms with Crippen LogP contribution in [0.1, 0.15) is 45.7 Å². The van der Waals surface area contributed by atoms with Gasteiger partial charge in [0, 0.05) is 12.6 Å². The number of ether oxygens (including phenoxy) is 1. The largest absolute Gasteiger partial charge is 0.454 e. The maximum Gasteiger partial charge on any atom is 0.338 e. The summed E-state index contributed by atoms with van der Waals surface area (Å²) in [6.45, 7) is 3.58. The Balaban J connectivity index is 2.09. The van der Waals surface area contributed by atoms with E-state index in [-0.39, 0.29) is 22.8 Å². The van der Waals surface area contributed by atoms with Crippen molar-refractivity contribution in [2.24, 2.45) is 0 Å². The van der Waals surface area contributed by atoms with Crippen molar-refractivity contribution in [1.29, 1.82) is 0 Å². The van der Waals surface area contributed by atoms with Crippen LogP contribution in [0.4, 0.5) is 0 Å². The standard InChI is InChI=1S/C21H25NO6S/c1-5-15-7-8-16(6-2)19(13-15)20(23)14-28-21(24)17-9-11-18(12-10-17)29(25,26)22(3)27-4/h7-13H,5-6,14H2,1-4H3. The van der Waals surface area contributed by atoms with Crippen LogP contribution in [-0.2, 0) is 32.4 Å². The molecule has 0 aliphatic rings. The molecule has 2 aromatic carbocycles. The van der Waals surface area contributed by atoms with Gasteiger partial charge in [-0.2, -0.15) is 0 Å². The summed E-state index contributed by atoms with van der Waals surface area (Å²) in [6.07, 6.45) is 1.50. The molecule has 0 heterocycles. The van der Waals surface area contributed by atoms with Gasteiger partial charge in [-0.05, 0) is 54.3 Å². The number of rotatable bonds is 9. The van der Waals surface area contributed by atoms with Crippen LogP contribution in [0.25, 0.3) is 0 Å². The van der Waals surface area contributed by atoms with Gasteiger partial charge in [-0.15, -0.1) is 0 Å². The van der Waals surface area contributed by atoms with E-state index in [9.17, 15) is 18.0 Å². The number of carbonyl (C=O) groups is 2. The highest BCUT2D eigenvalue weighted by molar-refractivity contribution is 7.89. The van der Waals surface area contributed by atoms with E-state index in [4.69, 9.17) is 9.57 Å². The summed E-state index contributed by atoms with van der Waals surface area (Å²) < 4.78 is 30.2. The van der Waals surface area contributed by atoms with Crippen LogP contribution in [0.2, 0.25) is 0 Å². The van der Waals surface area contributed by atoms with E-state index >= 15 is 0 Å². The Kier molecular flexibility index (Phi) is 7.66. The fourth-order valence-electron chi connectivity index (χ4n) is 2.71. The Morgan fingerprint density at radius 1 is 1.00 bits per heavy atom. The van der Waals surface area contributed by atoms with E-state index in [1.54, 1.807) is 0 Å². The van der Waals surface area contributed by atoms with Crippen molar-refractivity contribution in [2.75, 3.05) is 20.8 Å². The molecule has 7 nitrogen and oxygen atoms in total. The monoisotopic (exact) mass is 419 g/mol. The summed E-state index contributed by atoms with van der Waals surface area (Å²) in [7, 11) is -1.30. The minimum absolute atomic E-state index is 0.0292. The molecule has 8 heteroatoms. The highest BCUT2D eigenvalue weighted by Gasteiger charge is 2.21. The molecule has 0 N–H and O–H groups in total. The molecule has 0 unspecified atom stereocenters. The minimum atomic E-state index is -3.80. The Morgan fingerprint density at radius 3 is 2.21 bits per heavy atom. The van der Waals surface area contributed by atoms with Crippen LogP contribution in [0.15, 0.2) is 47.4 Å². The number of ketones is 1. The molecule has 0 spiro atoms. The van der Waals surface area contributed by atoms with E-state index in [0.717, 1.165) is 17.5 Å². The Hall–Kier alpha value is -2.55. The fraction of sp³-hybridized carbons (Fsp3) is 0.333. The fourth-order valence-corrected chi connectivity index (χ4v) is 3.69. The molecule has 0 aliphatic carbocycles. The van der Waals surface area contributed by atoms with Gasteiger partial charge < -0.3 is 4.74 Å². The molecule has 156 valence electrons. The number of hydroxylamine groups is 1. The quantitative estimate of drug-likeness (QED) is 0.353. The van der Waals surface area contributed by atoms with Gasteiger partial charge in [0.05, 0.1) is 17.6 Å². The van der Waals surface area contributed by atoms with Crippen molar-refractivity contribution in [3.05, 3.63) is 64.7 Å². The molecular formula is C21H25NO6S. The molecule has 0 amide bonds. The molecular weight excluding hydrogens is 394 g/mol. The smallest absolute Gasteiger partial charge is 0.338 e. The lowest BCUT2D eigenvalue weighted by Crippen LogP contribution is -2.25. The van der Waals surface area contributed by atoms with E-state index < -0.39 is 16.0 Å². The first-order valence-electron chi connectivity index (χ1n) is 9.19. The predicted molar refractivity (Wildman–Crippen MR) is 108 cm³/mol. The first-order valence-corrected chi connectivity index (χ1v) is 10.6. The number of benzene rings is 2. The van der Waals surface area contributed by atoms with Crippen molar-refractivity contribution < 1.29 is 27.6 Å². The van der Waals surface area contributed by atoms with Crippen molar-refractivity contribution >= 4 is 21.8 Å². The van der Waals surface area contributed by atoms with Crippen molar-refractivity contribution in [3.63, 3.8) is 0 Å². The van der Waals surface area contributed by atoms with Gasteiger partial charge in [-0.25, -0.2) is 13.2 Å². The topological polar surface area (TPSA) is 90.0 Å². The summed E-state index contributed by atoms with van der Waals surface area (Å²) in [5, 5.41) is 0. The van der Waals surface area contributed by atoms with Gasteiger partial charge in [0.2, 0.25) is 5.78 Å². The number of aryl methyl sites for hydroxylation is 2. The highest BCUT2D eigenvalue weighted by Crippen LogP contribution is 2.17. The Labute approximate surface area is 171 Å². The number of hydrogen-bond acceptors (Lipinski definition) is 6. The van der Waals surface area contributed by atoms with Crippen LogP contribution < -0.4 is 0 Å². The maximum atomic E-state index is 12.5. The minimum Gasteiger partial charge on any atom is -0.454 e. The lowest BCUT2D eigenvalue weighted by molar-refractivity contribution is -0.0258. The van der Waals surface area contributed by atoms with E-state index in [0.29, 0.717) is 16.5 Å². The average molecular weight is 419 g/mol. The first kappa shape index (κ1) is 22.7. The highest BCUT2D eigenvalue weighted by atomic mass is 32.2. The van der Waals surface area contributed by atoms with Crippen LogP contribution in [0, 0.1) is 0 Å². The average Bonchev–Trinajstić information content (AvgIpc) is 2.75. The Morgan fingerprint density at radius 2 is 1.66 bits per heavy atom. The van der Waals surface area contributed by atoms with Crippen molar-refractivity contribution in [2.45, 2.75) is 31.6 Å². The second-order valence-corrected chi connectivity index (χ2v) is 8.26. The van der Waals surface area contributed by atoms with Crippen LogP contribution >= 0.6 is 0 Å². The molecule has 2 rings (SSSR count).